The Morgan fingerprint density at radius 3 is 2.61 bits per heavy atom. The van der Waals surface area contributed by atoms with E-state index in [9.17, 15) is 4.79 Å². The van der Waals surface area contributed by atoms with Gasteiger partial charge in [0.25, 0.3) is 0 Å². The van der Waals surface area contributed by atoms with Gasteiger partial charge in [0.1, 0.15) is 5.75 Å². The third-order valence-electron chi connectivity index (χ3n) is 2.08. The Hall–Kier alpha value is -2.15. The fraction of sp³-hybridized carbons (Fsp3) is 0.357. The number of carbonyl (C=O) groups is 1. The van der Waals surface area contributed by atoms with Crippen molar-refractivity contribution in [2.24, 2.45) is 0 Å². The Labute approximate surface area is 107 Å². The first-order valence-corrected chi connectivity index (χ1v) is 5.41. The van der Waals surface area contributed by atoms with Crippen LogP contribution in [0, 0.1) is 11.8 Å². The van der Waals surface area contributed by atoms with Gasteiger partial charge in [-0.1, -0.05) is 17.9 Å². The molecule has 0 spiro atoms. The minimum Gasteiger partial charge on any atom is -0.497 e. The van der Waals surface area contributed by atoms with Crippen molar-refractivity contribution in [1.29, 1.82) is 0 Å². The highest BCUT2D eigenvalue weighted by atomic mass is 16.7. The third kappa shape index (κ3) is 4.38. The molecule has 0 aromatic heterocycles. The van der Waals surface area contributed by atoms with Crippen LogP contribution in [0.2, 0.25) is 0 Å². The van der Waals surface area contributed by atoms with Gasteiger partial charge in [-0.25, -0.2) is 4.79 Å². The van der Waals surface area contributed by atoms with Crippen LogP contribution in [0.3, 0.4) is 0 Å². The summed E-state index contributed by atoms with van der Waals surface area (Å²) in [6.07, 6.45) is -0.750. The molecule has 4 heteroatoms. The predicted molar refractivity (Wildman–Crippen MR) is 67.4 cm³/mol. The smallest absolute Gasteiger partial charge is 0.497 e. The van der Waals surface area contributed by atoms with E-state index in [0.29, 0.717) is 0 Å². The van der Waals surface area contributed by atoms with Crippen LogP contribution in [0.15, 0.2) is 24.3 Å². The first-order chi connectivity index (χ1) is 8.46. The molecule has 96 valence electrons. The van der Waals surface area contributed by atoms with Crippen molar-refractivity contribution in [3.05, 3.63) is 29.8 Å². The van der Waals surface area contributed by atoms with E-state index in [2.05, 4.69) is 16.6 Å². The molecule has 0 fully saturated rings. The zero-order chi connectivity index (χ0) is 13.6. The summed E-state index contributed by atoms with van der Waals surface area (Å²) in [7, 11) is 2.85. The Morgan fingerprint density at radius 1 is 1.28 bits per heavy atom. The fourth-order valence-corrected chi connectivity index (χ4v) is 1.20. The van der Waals surface area contributed by atoms with E-state index >= 15 is 0 Å². The van der Waals surface area contributed by atoms with E-state index in [1.807, 2.05) is 18.2 Å². The molecule has 0 amide bonds. The normalized spacial score (nSPS) is 10.0. The number of benzene rings is 1. The van der Waals surface area contributed by atoms with Gasteiger partial charge in [0, 0.05) is 5.56 Å². The maximum Gasteiger partial charge on any atom is 0.509 e. The van der Waals surface area contributed by atoms with Crippen LogP contribution < -0.4 is 4.74 Å². The molecule has 0 radical (unpaired) electrons. The minimum absolute atomic E-state index is 0.730. The van der Waals surface area contributed by atoms with Gasteiger partial charge in [0.05, 0.1) is 14.2 Å². The summed E-state index contributed by atoms with van der Waals surface area (Å²) >= 11 is 0. The molecule has 0 atom stereocenters. The van der Waals surface area contributed by atoms with Gasteiger partial charge < -0.3 is 14.2 Å². The summed E-state index contributed by atoms with van der Waals surface area (Å²) in [5.41, 5.74) is -0.119. The van der Waals surface area contributed by atoms with Crippen LogP contribution in [0.25, 0.3) is 0 Å². The van der Waals surface area contributed by atoms with E-state index in [1.54, 1.807) is 27.0 Å². The summed E-state index contributed by atoms with van der Waals surface area (Å²) in [5.74, 6) is 6.52. The molecule has 0 bridgehead atoms. The number of rotatable bonds is 2. The first-order valence-electron chi connectivity index (χ1n) is 5.41. The van der Waals surface area contributed by atoms with E-state index in [0.717, 1.165) is 11.3 Å². The predicted octanol–water partition coefficient (Wildman–Crippen LogP) is 2.61. The van der Waals surface area contributed by atoms with Crippen LogP contribution in [0.5, 0.6) is 5.75 Å². The second-order valence-electron chi connectivity index (χ2n) is 4.05. The van der Waals surface area contributed by atoms with Crippen LogP contribution in [0.1, 0.15) is 19.4 Å². The number of ether oxygens (including phenoxy) is 3. The van der Waals surface area contributed by atoms with Crippen LogP contribution in [-0.4, -0.2) is 26.0 Å². The molecule has 0 unspecified atom stereocenters. The van der Waals surface area contributed by atoms with Crippen molar-refractivity contribution >= 4 is 6.16 Å². The van der Waals surface area contributed by atoms with Gasteiger partial charge in [0.15, 0.2) is 5.60 Å². The standard InChI is InChI=1S/C14H16O4/c1-14(2,18-13(15)17-4)9-8-11-6-5-7-12(10-11)16-3/h5-7,10H,1-4H3. The molecule has 0 N–H and O–H groups in total. The highest BCUT2D eigenvalue weighted by Crippen LogP contribution is 2.13. The molecule has 0 heterocycles. The summed E-state index contributed by atoms with van der Waals surface area (Å²) in [6, 6.07) is 7.34. The molecule has 0 saturated carbocycles. The topological polar surface area (TPSA) is 44.8 Å². The quantitative estimate of drug-likeness (QED) is 0.596. The zero-order valence-electron chi connectivity index (χ0n) is 10.9. The van der Waals surface area contributed by atoms with Gasteiger partial charge in [-0.15, -0.1) is 0 Å². The van der Waals surface area contributed by atoms with E-state index in [-0.39, 0.29) is 0 Å². The lowest BCUT2D eigenvalue weighted by Crippen LogP contribution is -2.26. The molecular formula is C14H16O4. The molecule has 0 saturated heterocycles. The van der Waals surface area contributed by atoms with Crippen LogP contribution in [0.4, 0.5) is 4.79 Å². The van der Waals surface area contributed by atoms with Crippen molar-refractivity contribution < 1.29 is 19.0 Å². The maximum atomic E-state index is 11.0. The number of carbonyl (C=O) groups excluding carboxylic acids is 1. The first kappa shape index (κ1) is 13.9. The van der Waals surface area contributed by atoms with Crippen molar-refractivity contribution in [2.45, 2.75) is 19.4 Å². The number of methoxy groups -OCH3 is 2. The second-order valence-corrected chi connectivity index (χ2v) is 4.05. The van der Waals surface area contributed by atoms with E-state index in [4.69, 9.17) is 9.47 Å². The lowest BCUT2D eigenvalue weighted by Gasteiger charge is -2.17. The van der Waals surface area contributed by atoms with Crippen molar-refractivity contribution in [2.75, 3.05) is 14.2 Å². The summed E-state index contributed by atoms with van der Waals surface area (Å²) in [4.78, 5) is 11.0. The molecule has 4 nitrogen and oxygen atoms in total. The van der Waals surface area contributed by atoms with Gasteiger partial charge >= 0.3 is 6.16 Å². The van der Waals surface area contributed by atoms with Crippen molar-refractivity contribution in [3.8, 4) is 17.6 Å². The fourth-order valence-electron chi connectivity index (χ4n) is 1.20. The Balaban J connectivity index is 2.82. The Kier molecular flexibility index (Phi) is 4.61. The Morgan fingerprint density at radius 2 is 2.00 bits per heavy atom. The molecule has 1 aromatic rings. The molecule has 1 rings (SSSR count). The average molecular weight is 248 g/mol. The molecular weight excluding hydrogens is 232 g/mol. The SMILES string of the molecule is COC(=O)OC(C)(C)C#Cc1cccc(OC)c1. The van der Waals surface area contributed by atoms with Crippen molar-refractivity contribution in [1.82, 2.24) is 0 Å². The average Bonchev–Trinajstić information content (AvgIpc) is 2.36. The highest BCUT2D eigenvalue weighted by Gasteiger charge is 2.20. The van der Waals surface area contributed by atoms with Gasteiger partial charge in [-0.2, -0.15) is 0 Å². The lowest BCUT2D eigenvalue weighted by atomic mass is 10.1. The number of hydrogen-bond donors (Lipinski definition) is 0. The number of hydrogen-bond acceptors (Lipinski definition) is 4. The van der Waals surface area contributed by atoms with E-state index in [1.165, 1.54) is 7.11 Å². The van der Waals surface area contributed by atoms with Gasteiger partial charge in [-0.05, 0) is 32.0 Å². The summed E-state index contributed by atoms with van der Waals surface area (Å²) in [5, 5.41) is 0. The largest absolute Gasteiger partial charge is 0.509 e. The van der Waals surface area contributed by atoms with E-state index < -0.39 is 11.8 Å². The van der Waals surface area contributed by atoms with Crippen molar-refractivity contribution in [3.63, 3.8) is 0 Å². The zero-order valence-corrected chi connectivity index (χ0v) is 10.9. The van der Waals surface area contributed by atoms with Gasteiger partial charge in [0.2, 0.25) is 0 Å². The molecule has 18 heavy (non-hydrogen) atoms. The highest BCUT2D eigenvalue weighted by molar-refractivity contribution is 5.61. The maximum absolute atomic E-state index is 11.0. The summed E-state index contributed by atoms with van der Waals surface area (Å²) in [6.45, 7) is 3.38. The monoisotopic (exact) mass is 248 g/mol. The Bertz CT molecular complexity index is 480. The molecule has 0 aliphatic heterocycles. The second kappa shape index (κ2) is 5.97. The minimum atomic E-state index is -0.907. The molecule has 0 aliphatic carbocycles. The lowest BCUT2D eigenvalue weighted by molar-refractivity contribution is 0.0221. The molecule has 0 aliphatic rings. The van der Waals surface area contributed by atoms with Crippen LogP contribution in [-0.2, 0) is 9.47 Å². The third-order valence-corrected chi connectivity index (χ3v) is 2.08. The van der Waals surface area contributed by atoms with Gasteiger partial charge in [-0.3, -0.25) is 0 Å². The molecule has 1 aromatic carbocycles. The summed E-state index contributed by atoms with van der Waals surface area (Å²) < 4.78 is 14.5. The van der Waals surface area contributed by atoms with Crippen LogP contribution >= 0.6 is 0 Å².